The zero-order valence-electron chi connectivity index (χ0n) is 18.8. The summed E-state index contributed by atoms with van der Waals surface area (Å²) in [6.45, 7) is 4.12. The van der Waals surface area contributed by atoms with E-state index in [4.69, 9.17) is 9.84 Å². The van der Waals surface area contributed by atoms with Crippen molar-refractivity contribution in [2.45, 2.75) is 64.1 Å². The Kier molecular flexibility index (Phi) is 7.02. The Hall–Kier alpha value is -2.16. The van der Waals surface area contributed by atoms with E-state index in [0.717, 1.165) is 62.7 Å². The molecule has 1 fully saturated rings. The van der Waals surface area contributed by atoms with Crippen LogP contribution in [0.5, 0.6) is 5.88 Å². The number of likely N-dealkylation sites (tertiary alicyclic amines) is 1. The van der Waals surface area contributed by atoms with Crippen molar-refractivity contribution < 1.29 is 22.2 Å². The summed E-state index contributed by atoms with van der Waals surface area (Å²) < 4.78 is 41.8. The second-order valence-electron chi connectivity index (χ2n) is 9.24. The third-order valence-corrected chi connectivity index (χ3v) is 7.64. The quantitative estimate of drug-likeness (QED) is 0.361. The van der Waals surface area contributed by atoms with E-state index < -0.39 is 10.1 Å². The van der Waals surface area contributed by atoms with Crippen molar-refractivity contribution in [3.05, 3.63) is 48.7 Å². The van der Waals surface area contributed by atoms with Crippen LogP contribution in [0.2, 0.25) is 0 Å². The number of quaternary nitrogens is 1. The summed E-state index contributed by atoms with van der Waals surface area (Å²) >= 11 is 0. The molecular weight excluding hydrogens is 426 g/mol. The van der Waals surface area contributed by atoms with E-state index >= 15 is 0 Å². The Morgan fingerprint density at radius 1 is 1.19 bits per heavy atom. The highest BCUT2D eigenvalue weighted by Crippen LogP contribution is 2.32. The fraction of sp³-hybridized carbons (Fsp3) is 0.542. The Morgan fingerprint density at radius 3 is 2.59 bits per heavy atom. The van der Waals surface area contributed by atoms with E-state index in [-0.39, 0.29) is 18.0 Å². The largest absolute Gasteiger partial charge is 0.469 e. The Balaban J connectivity index is 1.61. The fourth-order valence-electron chi connectivity index (χ4n) is 5.03. The molecule has 1 aliphatic carbocycles. The van der Waals surface area contributed by atoms with Crippen LogP contribution >= 0.6 is 0 Å². The molecule has 1 N–H and O–H groups in total. The number of hydrogen-bond donors (Lipinski definition) is 1. The molecule has 2 aliphatic rings. The van der Waals surface area contributed by atoms with Gasteiger partial charge in [0, 0.05) is 6.20 Å². The number of benzene rings is 1. The van der Waals surface area contributed by atoms with Crippen LogP contribution in [0, 0.1) is 0 Å². The van der Waals surface area contributed by atoms with Crippen molar-refractivity contribution in [2.24, 2.45) is 0 Å². The summed E-state index contributed by atoms with van der Waals surface area (Å²) in [6.07, 6.45) is 12.5. The number of ether oxygens (including phenoxy) is 1. The third-order valence-electron chi connectivity index (χ3n) is 6.80. The van der Waals surface area contributed by atoms with Crippen LogP contribution in [-0.4, -0.2) is 58.3 Å². The fourth-order valence-corrected chi connectivity index (χ4v) is 6.19. The Labute approximate surface area is 191 Å². The molecule has 1 aromatic carbocycles. The molecule has 174 valence electrons. The second kappa shape index (κ2) is 9.77. The highest BCUT2D eigenvalue weighted by molar-refractivity contribution is 7.85. The summed E-state index contributed by atoms with van der Waals surface area (Å²) in [6, 6.07) is 10.1. The highest BCUT2D eigenvalue weighted by Gasteiger charge is 2.39. The SMILES string of the molecule is CC(Cn1cc(-c2ccccc2)c(OC2C=CCCC2)n1)[N+]1(CS(=O)(=O)O)CCCCC1. The van der Waals surface area contributed by atoms with Gasteiger partial charge in [0.15, 0.2) is 0 Å². The molecule has 0 amide bonds. The molecule has 0 saturated carbocycles. The van der Waals surface area contributed by atoms with Gasteiger partial charge < -0.3 is 9.22 Å². The first-order chi connectivity index (χ1) is 15.3. The third kappa shape index (κ3) is 5.60. The van der Waals surface area contributed by atoms with Crippen LogP contribution in [0.25, 0.3) is 11.1 Å². The number of aromatic nitrogens is 2. The van der Waals surface area contributed by atoms with Crippen LogP contribution in [0.15, 0.2) is 48.7 Å². The number of rotatable bonds is 8. The zero-order valence-corrected chi connectivity index (χ0v) is 19.6. The summed E-state index contributed by atoms with van der Waals surface area (Å²) in [4.78, 5) is 0. The van der Waals surface area contributed by atoms with Crippen molar-refractivity contribution in [3.63, 3.8) is 0 Å². The van der Waals surface area contributed by atoms with Gasteiger partial charge in [0.05, 0.1) is 25.2 Å². The molecule has 2 heterocycles. The Bertz CT molecular complexity index is 1030. The van der Waals surface area contributed by atoms with Crippen molar-refractivity contribution in [2.75, 3.05) is 19.0 Å². The van der Waals surface area contributed by atoms with E-state index in [1.807, 2.05) is 41.2 Å². The van der Waals surface area contributed by atoms with Crippen LogP contribution in [0.1, 0.15) is 45.4 Å². The maximum Gasteiger partial charge on any atom is 0.316 e. The van der Waals surface area contributed by atoms with Gasteiger partial charge in [-0.15, -0.1) is 5.10 Å². The first-order valence-corrected chi connectivity index (χ1v) is 13.2. The molecule has 1 aromatic heterocycles. The van der Waals surface area contributed by atoms with Crippen molar-refractivity contribution in [1.29, 1.82) is 0 Å². The molecule has 0 spiro atoms. The summed E-state index contributed by atoms with van der Waals surface area (Å²) in [5.74, 6) is 0.372. The van der Waals surface area contributed by atoms with Crippen LogP contribution < -0.4 is 4.74 Å². The molecule has 2 aromatic rings. The van der Waals surface area contributed by atoms with E-state index in [1.54, 1.807) is 0 Å². The smallest absolute Gasteiger partial charge is 0.316 e. The second-order valence-corrected chi connectivity index (χ2v) is 10.7. The predicted molar refractivity (Wildman–Crippen MR) is 125 cm³/mol. The van der Waals surface area contributed by atoms with E-state index in [9.17, 15) is 13.0 Å². The zero-order chi connectivity index (χ0) is 22.6. The topological polar surface area (TPSA) is 81.4 Å². The minimum Gasteiger partial charge on any atom is -0.469 e. The average molecular weight is 461 g/mol. The molecule has 4 rings (SSSR count). The normalized spacial score (nSPS) is 21.9. The standard InChI is InChI=1S/C24H33N3O4S/c1-20(27(19-32(28,29)30)15-9-4-10-16-27)17-26-18-23(21-11-5-2-6-12-21)24(25-26)31-22-13-7-3-8-14-22/h2,5-7,11-13,18,20,22H,3-4,8-10,14-17,19H2,1H3/p+1. The van der Waals surface area contributed by atoms with Crippen molar-refractivity contribution >= 4 is 10.1 Å². The van der Waals surface area contributed by atoms with Gasteiger partial charge in [-0.25, -0.2) is 0 Å². The lowest BCUT2D eigenvalue weighted by Gasteiger charge is -2.45. The molecule has 1 aliphatic heterocycles. The van der Waals surface area contributed by atoms with E-state index in [1.165, 1.54) is 0 Å². The van der Waals surface area contributed by atoms with Crippen LogP contribution in [0.3, 0.4) is 0 Å². The average Bonchev–Trinajstić information content (AvgIpc) is 3.16. The number of nitrogens with zero attached hydrogens (tertiary/aromatic N) is 3. The van der Waals surface area contributed by atoms with E-state index in [2.05, 4.69) is 19.1 Å². The van der Waals surface area contributed by atoms with Gasteiger partial charge >= 0.3 is 10.1 Å². The molecule has 2 unspecified atom stereocenters. The number of hydrogen-bond acceptors (Lipinski definition) is 4. The summed E-state index contributed by atoms with van der Waals surface area (Å²) in [5, 5.41) is 4.78. The van der Waals surface area contributed by atoms with Gasteiger partial charge in [0.25, 0.3) is 0 Å². The lowest BCUT2D eigenvalue weighted by Crippen LogP contribution is -2.60. The van der Waals surface area contributed by atoms with Gasteiger partial charge in [-0.2, -0.15) is 8.42 Å². The predicted octanol–water partition coefficient (Wildman–Crippen LogP) is 4.27. The lowest BCUT2D eigenvalue weighted by molar-refractivity contribution is -0.944. The maximum atomic E-state index is 11.8. The first-order valence-electron chi connectivity index (χ1n) is 11.6. The molecule has 8 heteroatoms. The van der Waals surface area contributed by atoms with Gasteiger partial charge in [0.1, 0.15) is 12.1 Å². The summed E-state index contributed by atoms with van der Waals surface area (Å²) in [5.41, 5.74) is 1.98. The van der Waals surface area contributed by atoms with Gasteiger partial charge in [0.2, 0.25) is 11.8 Å². The molecule has 1 saturated heterocycles. The Morgan fingerprint density at radius 2 is 1.94 bits per heavy atom. The minimum absolute atomic E-state index is 0.0109. The molecule has 0 bridgehead atoms. The first kappa shape index (κ1) is 23.0. The molecule has 7 nitrogen and oxygen atoms in total. The molecule has 2 atom stereocenters. The van der Waals surface area contributed by atoms with E-state index in [0.29, 0.717) is 16.9 Å². The van der Waals surface area contributed by atoms with Crippen molar-refractivity contribution in [1.82, 2.24) is 9.78 Å². The van der Waals surface area contributed by atoms with Gasteiger partial charge in [-0.05, 0) is 57.1 Å². The monoisotopic (exact) mass is 460 g/mol. The molecule has 32 heavy (non-hydrogen) atoms. The molecular formula is C24H34N3O4S+. The van der Waals surface area contributed by atoms with Crippen molar-refractivity contribution in [3.8, 4) is 17.0 Å². The van der Waals surface area contributed by atoms with Gasteiger partial charge in [-0.1, -0.05) is 36.4 Å². The van der Waals surface area contributed by atoms with Gasteiger partial charge in [-0.3, -0.25) is 9.23 Å². The number of allylic oxidation sites excluding steroid dienone is 1. The maximum absolute atomic E-state index is 11.8. The minimum atomic E-state index is -4.07. The molecule has 0 radical (unpaired) electrons. The highest BCUT2D eigenvalue weighted by atomic mass is 32.2. The number of piperidine rings is 1. The van der Waals surface area contributed by atoms with Crippen LogP contribution in [-0.2, 0) is 16.7 Å². The lowest BCUT2D eigenvalue weighted by atomic mass is 10.1. The van der Waals surface area contributed by atoms with Crippen LogP contribution in [0.4, 0.5) is 0 Å². The summed E-state index contributed by atoms with van der Waals surface area (Å²) in [7, 11) is -4.07.